The molecule has 0 spiro atoms. The lowest BCUT2D eigenvalue weighted by Gasteiger charge is -2.26. The molecule has 1 aliphatic heterocycles. The van der Waals surface area contributed by atoms with Crippen LogP contribution >= 0.6 is 11.3 Å². The number of amides is 3. The molecule has 0 fully saturated rings. The lowest BCUT2D eigenvalue weighted by molar-refractivity contribution is 0.0735. The number of anilines is 1. The molecule has 132 valence electrons. The summed E-state index contributed by atoms with van der Waals surface area (Å²) in [4.78, 5) is 32.0. The number of nitrogens with zero attached hydrogens (tertiary/aromatic N) is 2. The predicted octanol–water partition coefficient (Wildman–Crippen LogP) is 3.18. The van der Waals surface area contributed by atoms with Crippen molar-refractivity contribution in [3.05, 3.63) is 46.0 Å². The number of hydrogen-bond donors (Lipinski definition) is 2. The van der Waals surface area contributed by atoms with Crippen LogP contribution in [-0.2, 0) is 13.0 Å². The normalized spacial score (nSPS) is 13.5. The molecule has 1 aromatic carbocycles. The van der Waals surface area contributed by atoms with E-state index in [1.807, 2.05) is 49.9 Å². The van der Waals surface area contributed by atoms with E-state index in [2.05, 4.69) is 15.6 Å². The lowest BCUT2D eigenvalue weighted by Crippen LogP contribution is -2.35. The Balaban J connectivity index is 1.70. The average Bonchev–Trinajstić information content (AvgIpc) is 2.94. The molecule has 2 aromatic rings. The quantitative estimate of drug-likeness (QED) is 0.885. The maximum atomic E-state index is 12.8. The van der Waals surface area contributed by atoms with Crippen LogP contribution in [0.15, 0.2) is 24.3 Å². The van der Waals surface area contributed by atoms with Crippen molar-refractivity contribution in [3.63, 3.8) is 0 Å². The number of aromatic nitrogens is 1. The molecule has 25 heavy (non-hydrogen) atoms. The van der Waals surface area contributed by atoms with Gasteiger partial charge in [-0.25, -0.2) is 9.78 Å². The Hall–Kier alpha value is -2.41. The summed E-state index contributed by atoms with van der Waals surface area (Å²) in [6.07, 6.45) is 0.705. The zero-order chi connectivity index (χ0) is 18.0. The molecular weight excluding hydrogens is 336 g/mol. The second-order valence-corrected chi connectivity index (χ2v) is 7.52. The van der Waals surface area contributed by atoms with Gasteiger partial charge in [-0.2, -0.15) is 0 Å². The van der Waals surface area contributed by atoms with Crippen molar-refractivity contribution in [1.29, 1.82) is 0 Å². The molecule has 0 bridgehead atoms. The summed E-state index contributed by atoms with van der Waals surface area (Å²) >= 11 is 1.43. The number of urea groups is 1. The first-order valence-electron chi connectivity index (χ1n) is 8.35. The van der Waals surface area contributed by atoms with Crippen molar-refractivity contribution in [2.45, 2.75) is 39.8 Å². The van der Waals surface area contributed by atoms with Gasteiger partial charge in [0.05, 0.1) is 12.2 Å². The van der Waals surface area contributed by atoms with Crippen molar-refractivity contribution in [1.82, 2.24) is 15.2 Å². The van der Waals surface area contributed by atoms with E-state index in [1.165, 1.54) is 11.3 Å². The molecule has 0 aliphatic carbocycles. The Bertz CT molecular complexity index is 800. The van der Waals surface area contributed by atoms with Crippen LogP contribution in [-0.4, -0.2) is 34.4 Å². The smallest absolute Gasteiger partial charge is 0.321 e. The third-order valence-corrected chi connectivity index (χ3v) is 5.03. The number of carbonyl (C=O) groups is 2. The Morgan fingerprint density at radius 3 is 2.76 bits per heavy atom. The van der Waals surface area contributed by atoms with Crippen molar-refractivity contribution >= 4 is 28.4 Å². The summed E-state index contributed by atoms with van der Waals surface area (Å²) in [6, 6.07) is 7.45. The maximum absolute atomic E-state index is 12.8. The van der Waals surface area contributed by atoms with E-state index in [4.69, 9.17) is 0 Å². The van der Waals surface area contributed by atoms with Crippen molar-refractivity contribution < 1.29 is 9.59 Å². The number of hydrogen-bond acceptors (Lipinski definition) is 4. The molecule has 0 saturated carbocycles. The number of nitrogens with one attached hydrogen (secondary N) is 2. The molecule has 0 saturated heterocycles. The molecule has 0 unspecified atom stereocenters. The third-order valence-electron chi connectivity index (χ3n) is 4.03. The second kappa shape index (κ2) is 7.23. The van der Waals surface area contributed by atoms with Crippen LogP contribution in [0.4, 0.5) is 9.93 Å². The maximum Gasteiger partial charge on any atom is 0.321 e. The Morgan fingerprint density at radius 1 is 1.28 bits per heavy atom. The highest BCUT2D eigenvalue weighted by Crippen LogP contribution is 2.29. The van der Waals surface area contributed by atoms with Gasteiger partial charge in [0.25, 0.3) is 5.91 Å². The summed E-state index contributed by atoms with van der Waals surface area (Å²) in [6.45, 7) is 6.93. The number of thiazole rings is 1. The van der Waals surface area contributed by atoms with Crippen LogP contribution in [0.1, 0.15) is 40.3 Å². The molecule has 0 radical (unpaired) electrons. The predicted molar refractivity (Wildman–Crippen MR) is 99.0 cm³/mol. The van der Waals surface area contributed by atoms with Gasteiger partial charge >= 0.3 is 6.03 Å². The van der Waals surface area contributed by atoms with Crippen LogP contribution in [0.2, 0.25) is 0 Å². The zero-order valence-corrected chi connectivity index (χ0v) is 15.4. The number of benzene rings is 1. The van der Waals surface area contributed by atoms with Crippen LogP contribution < -0.4 is 10.6 Å². The van der Waals surface area contributed by atoms with E-state index in [1.54, 1.807) is 0 Å². The Labute approximate surface area is 151 Å². The highest BCUT2D eigenvalue weighted by Gasteiger charge is 2.26. The van der Waals surface area contributed by atoms with Gasteiger partial charge in [0.15, 0.2) is 5.13 Å². The molecule has 2 N–H and O–H groups in total. The first kappa shape index (κ1) is 17.4. The minimum Gasteiger partial charge on any atom is -0.336 e. The number of rotatable bonds is 3. The van der Waals surface area contributed by atoms with E-state index < -0.39 is 0 Å². The SMILES string of the molecule is Cc1ccccc1C(=O)N1CCc2nc(NC(=O)NC(C)C)sc2C1. The summed E-state index contributed by atoms with van der Waals surface area (Å²) in [5.41, 5.74) is 2.69. The first-order valence-corrected chi connectivity index (χ1v) is 9.16. The summed E-state index contributed by atoms with van der Waals surface area (Å²) < 4.78 is 0. The fourth-order valence-electron chi connectivity index (χ4n) is 2.80. The summed E-state index contributed by atoms with van der Waals surface area (Å²) in [5, 5.41) is 6.12. The van der Waals surface area contributed by atoms with Gasteiger partial charge in [0.2, 0.25) is 0 Å². The van der Waals surface area contributed by atoms with E-state index in [9.17, 15) is 9.59 Å². The van der Waals surface area contributed by atoms with Gasteiger partial charge in [-0.05, 0) is 32.4 Å². The largest absolute Gasteiger partial charge is 0.336 e. The van der Waals surface area contributed by atoms with E-state index in [-0.39, 0.29) is 18.0 Å². The number of aryl methyl sites for hydroxylation is 1. The molecule has 3 rings (SSSR count). The van der Waals surface area contributed by atoms with E-state index in [0.717, 1.165) is 21.7 Å². The highest BCUT2D eigenvalue weighted by molar-refractivity contribution is 7.15. The van der Waals surface area contributed by atoms with Gasteiger partial charge in [-0.3, -0.25) is 10.1 Å². The molecular formula is C18H22N4O2S. The van der Waals surface area contributed by atoms with E-state index >= 15 is 0 Å². The molecule has 0 atom stereocenters. The van der Waals surface area contributed by atoms with Crippen LogP contribution in [0.3, 0.4) is 0 Å². The zero-order valence-electron chi connectivity index (χ0n) is 14.6. The Kier molecular flexibility index (Phi) is 5.03. The minimum absolute atomic E-state index is 0.0456. The minimum atomic E-state index is -0.256. The molecule has 2 heterocycles. The summed E-state index contributed by atoms with van der Waals surface area (Å²) in [7, 11) is 0. The number of fused-ring (bicyclic) bond motifs is 1. The Morgan fingerprint density at radius 2 is 2.04 bits per heavy atom. The van der Waals surface area contributed by atoms with Gasteiger partial charge in [-0.1, -0.05) is 29.5 Å². The molecule has 1 aliphatic rings. The molecule has 6 nitrogen and oxygen atoms in total. The lowest BCUT2D eigenvalue weighted by atomic mass is 10.1. The average molecular weight is 358 g/mol. The van der Waals surface area contributed by atoms with Crippen LogP contribution in [0.5, 0.6) is 0 Å². The fraction of sp³-hybridized carbons (Fsp3) is 0.389. The van der Waals surface area contributed by atoms with Crippen molar-refractivity contribution in [2.75, 3.05) is 11.9 Å². The standard InChI is InChI=1S/C18H22N4O2S/c1-11(2)19-17(24)21-18-20-14-8-9-22(10-15(14)25-18)16(23)13-7-5-4-6-12(13)3/h4-7,11H,8-10H2,1-3H3,(H2,19,20,21,24). The second-order valence-electron chi connectivity index (χ2n) is 6.43. The molecule has 7 heteroatoms. The van der Waals surface area contributed by atoms with Crippen LogP contribution in [0.25, 0.3) is 0 Å². The highest BCUT2D eigenvalue weighted by atomic mass is 32.1. The summed E-state index contributed by atoms with van der Waals surface area (Å²) in [5.74, 6) is 0.0456. The topological polar surface area (TPSA) is 74.3 Å². The fourth-order valence-corrected chi connectivity index (χ4v) is 3.82. The van der Waals surface area contributed by atoms with Crippen molar-refractivity contribution in [3.8, 4) is 0 Å². The van der Waals surface area contributed by atoms with Crippen LogP contribution in [0, 0.1) is 6.92 Å². The molecule has 1 aromatic heterocycles. The molecule has 3 amide bonds. The van der Waals surface area contributed by atoms with Gasteiger partial charge in [0, 0.05) is 29.4 Å². The van der Waals surface area contributed by atoms with Gasteiger partial charge in [-0.15, -0.1) is 0 Å². The first-order chi connectivity index (χ1) is 11.9. The monoisotopic (exact) mass is 358 g/mol. The third kappa shape index (κ3) is 3.99. The van der Waals surface area contributed by atoms with Gasteiger partial charge < -0.3 is 10.2 Å². The van der Waals surface area contributed by atoms with Gasteiger partial charge in [0.1, 0.15) is 0 Å². The van der Waals surface area contributed by atoms with Crippen molar-refractivity contribution in [2.24, 2.45) is 0 Å². The number of carbonyl (C=O) groups excluding carboxylic acids is 2. The van der Waals surface area contributed by atoms with E-state index in [0.29, 0.717) is 24.6 Å².